The molecule has 0 aliphatic carbocycles. The van der Waals surface area contributed by atoms with Crippen LogP contribution in [-0.2, 0) is 16.0 Å². The number of carbonyl (C=O) groups is 4. The average molecular weight is 527 g/mol. The molecule has 0 unspecified atom stereocenters. The van der Waals surface area contributed by atoms with Gasteiger partial charge in [0.15, 0.2) is 0 Å². The number of carbonyl (C=O) groups excluding carboxylic acids is 2. The minimum atomic E-state index is -1.21. The normalized spacial score (nSPS) is 11.6. The molecule has 0 saturated carbocycles. The zero-order chi connectivity index (χ0) is 26.2. The quantitative estimate of drug-likeness (QED) is 0.297. The summed E-state index contributed by atoms with van der Waals surface area (Å²) >= 11 is 12.1. The summed E-state index contributed by atoms with van der Waals surface area (Å²) in [6.45, 7) is 0. The standard InChI is InChI=1S/C26H20Cl2N2O6/c27-19-2-1-3-20(28)23(19)24(32)29-18-11-6-16(7-12-18)14-21(26(35)36)30-22(31)13-8-15-4-9-17(10-5-15)25(33)34/h1-13,21H,14H2,(H,29,32)(H,30,31)(H,33,34)(H,35,36)/b13-8+/t21-/m0/s1. The molecule has 3 aromatic carbocycles. The third-order valence-corrected chi connectivity index (χ3v) is 5.67. The fourth-order valence-corrected chi connectivity index (χ4v) is 3.77. The number of amides is 2. The van der Waals surface area contributed by atoms with Gasteiger partial charge in [-0.15, -0.1) is 0 Å². The van der Waals surface area contributed by atoms with Crippen molar-refractivity contribution >= 4 is 58.7 Å². The number of aliphatic carboxylic acids is 1. The molecular formula is C26H20Cl2N2O6. The Morgan fingerprint density at radius 1 is 0.861 bits per heavy atom. The van der Waals surface area contributed by atoms with Crippen LogP contribution in [-0.4, -0.2) is 40.0 Å². The molecule has 4 N–H and O–H groups in total. The topological polar surface area (TPSA) is 133 Å². The lowest BCUT2D eigenvalue weighted by molar-refractivity contribution is -0.141. The van der Waals surface area contributed by atoms with E-state index in [9.17, 15) is 24.3 Å². The van der Waals surface area contributed by atoms with Crippen LogP contribution < -0.4 is 10.6 Å². The molecule has 1 atom stereocenters. The van der Waals surface area contributed by atoms with E-state index in [-0.39, 0.29) is 27.6 Å². The first-order valence-electron chi connectivity index (χ1n) is 10.5. The lowest BCUT2D eigenvalue weighted by Crippen LogP contribution is -2.41. The lowest BCUT2D eigenvalue weighted by Gasteiger charge is -2.14. The van der Waals surface area contributed by atoms with Crippen molar-refractivity contribution in [1.82, 2.24) is 5.32 Å². The third kappa shape index (κ3) is 7.18. The van der Waals surface area contributed by atoms with E-state index in [1.165, 1.54) is 36.4 Å². The molecular weight excluding hydrogens is 507 g/mol. The zero-order valence-electron chi connectivity index (χ0n) is 18.6. The summed E-state index contributed by atoms with van der Waals surface area (Å²) in [4.78, 5) is 47.3. The van der Waals surface area contributed by atoms with Crippen molar-refractivity contribution in [1.29, 1.82) is 0 Å². The summed E-state index contributed by atoms with van der Waals surface area (Å²) in [6.07, 6.45) is 2.62. The van der Waals surface area contributed by atoms with Gasteiger partial charge in [-0.05, 0) is 53.6 Å². The summed E-state index contributed by atoms with van der Waals surface area (Å²) in [7, 11) is 0. The molecule has 0 aliphatic heterocycles. The van der Waals surface area contributed by atoms with Crippen LogP contribution in [0.4, 0.5) is 5.69 Å². The van der Waals surface area contributed by atoms with Gasteiger partial charge in [0.2, 0.25) is 5.91 Å². The van der Waals surface area contributed by atoms with Crippen LogP contribution in [0.1, 0.15) is 31.8 Å². The Bertz CT molecular complexity index is 1300. The highest BCUT2D eigenvalue weighted by molar-refractivity contribution is 6.40. The molecule has 0 aliphatic rings. The van der Waals surface area contributed by atoms with Gasteiger partial charge in [0, 0.05) is 18.2 Å². The average Bonchev–Trinajstić information content (AvgIpc) is 2.83. The molecule has 0 bridgehead atoms. The van der Waals surface area contributed by atoms with Gasteiger partial charge in [-0.25, -0.2) is 9.59 Å². The van der Waals surface area contributed by atoms with Gasteiger partial charge in [0.25, 0.3) is 5.91 Å². The van der Waals surface area contributed by atoms with E-state index >= 15 is 0 Å². The van der Waals surface area contributed by atoms with Gasteiger partial charge in [-0.2, -0.15) is 0 Å². The first kappa shape index (κ1) is 26.5. The number of nitrogens with one attached hydrogen (secondary N) is 2. The first-order chi connectivity index (χ1) is 17.1. The van der Waals surface area contributed by atoms with Gasteiger partial charge in [-0.1, -0.05) is 53.5 Å². The fraction of sp³-hybridized carbons (Fsp3) is 0.0769. The maximum atomic E-state index is 12.5. The molecule has 36 heavy (non-hydrogen) atoms. The van der Waals surface area contributed by atoms with E-state index in [4.69, 9.17) is 28.3 Å². The molecule has 3 aromatic rings. The second kappa shape index (κ2) is 12.0. The SMILES string of the molecule is O=C(/C=C/c1ccc(C(=O)O)cc1)N[C@@H](Cc1ccc(NC(=O)c2c(Cl)cccc2Cl)cc1)C(=O)O. The zero-order valence-corrected chi connectivity index (χ0v) is 20.1. The van der Waals surface area contributed by atoms with Crippen LogP contribution in [0, 0.1) is 0 Å². The van der Waals surface area contributed by atoms with Gasteiger partial charge < -0.3 is 20.8 Å². The number of halogens is 2. The van der Waals surface area contributed by atoms with Crippen molar-refractivity contribution in [3.8, 4) is 0 Å². The van der Waals surface area contributed by atoms with E-state index in [0.717, 1.165) is 0 Å². The number of carboxylic acids is 2. The van der Waals surface area contributed by atoms with Crippen LogP contribution in [0.5, 0.6) is 0 Å². The number of carboxylic acid groups (broad SMARTS) is 2. The highest BCUT2D eigenvalue weighted by atomic mass is 35.5. The van der Waals surface area contributed by atoms with Crippen molar-refractivity contribution < 1.29 is 29.4 Å². The summed E-state index contributed by atoms with van der Waals surface area (Å²) in [6, 6.07) is 15.8. The summed E-state index contributed by atoms with van der Waals surface area (Å²) < 4.78 is 0. The Morgan fingerprint density at radius 2 is 1.47 bits per heavy atom. The summed E-state index contributed by atoms with van der Waals surface area (Å²) in [5.41, 5.74) is 1.90. The molecule has 0 fully saturated rings. The molecule has 3 rings (SSSR count). The number of hydrogen-bond acceptors (Lipinski definition) is 4. The van der Waals surface area contributed by atoms with Gasteiger partial charge in [0.05, 0.1) is 21.2 Å². The predicted octanol–water partition coefficient (Wildman–Crippen LogP) is 4.77. The van der Waals surface area contributed by atoms with Crippen LogP contribution in [0.15, 0.2) is 72.8 Å². The van der Waals surface area contributed by atoms with Gasteiger partial charge in [-0.3, -0.25) is 9.59 Å². The lowest BCUT2D eigenvalue weighted by atomic mass is 10.1. The summed E-state index contributed by atoms with van der Waals surface area (Å²) in [5, 5.41) is 24.0. The second-order valence-corrected chi connectivity index (χ2v) is 8.43. The maximum absolute atomic E-state index is 12.5. The molecule has 0 aromatic heterocycles. The van der Waals surface area contributed by atoms with Crippen molar-refractivity contribution in [2.24, 2.45) is 0 Å². The van der Waals surface area contributed by atoms with E-state index in [2.05, 4.69) is 10.6 Å². The fourth-order valence-electron chi connectivity index (χ4n) is 3.20. The van der Waals surface area contributed by atoms with E-state index in [1.54, 1.807) is 42.5 Å². The second-order valence-electron chi connectivity index (χ2n) is 7.61. The maximum Gasteiger partial charge on any atom is 0.335 e. The monoisotopic (exact) mass is 526 g/mol. The molecule has 0 spiro atoms. The van der Waals surface area contributed by atoms with Crippen LogP contribution in [0.2, 0.25) is 10.0 Å². The predicted molar refractivity (Wildman–Crippen MR) is 137 cm³/mol. The number of hydrogen-bond donors (Lipinski definition) is 4. The van der Waals surface area contributed by atoms with Crippen molar-refractivity contribution in [3.05, 3.63) is 105 Å². The minimum Gasteiger partial charge on any atom is -0.480 e. The van der Waals surface area contributed by atoms with Crippen molar-refractivity contribution in [3.63, 3.8) is 0 Å². The Hall–Kier alpha value is -4.14. The van der Waals surface area contributed by atoms with Crippen LogP contribution >= 0.6 is 23.2 Å². The van der Waals surface area contributed by atoms with Crippen molar-refractivity contribution in [2.45, 2.75) is 12.5 Å². The molecule has 8 nitrogen and oxygen atoms in total. The Morgan fingerprint density at radius 3 is 2.03 bits per heavy atom. The van der Waals surface area contributed by atoms with Crippen molar-refractivity contribution in [2.75, 3.05) is 5.32 Å². The highest BCUT2D eigenvalue weighted by Gasteiger charge is 2.20. The smallest absolute Gasteiger partial charge is 0.335 e. The van der Waals surface area contributed by atoms with E-state index in [0.29, 0.717) is 16.8 Å². The highest BCUT2D eigenvalue weighted by Crippen LogP contribution is 2.25. The number of benzene rings is 3. The van der Waals surface area contributed by atoms with Gasteiger partial charge in [0.1, 0.15) is 6.04 Å². The Balaban J connectivity index is 1.60. The molecule has 184 valence electrons. The van der Waals surface area contributed by atoms with Gasteiger partial charge >= 0.3 is 11.9 Å². The summed E-state index contributed by atoms with van der Waals surface area (Å²) in [5.74, 6) is -3.38. The number of aromatic carboxylic acids is 1. The third-order valence-electron chi connectivity index (χ3n) is 5.04. The number of anilines is 1. The molecule has 0 radical (unpaired) electrons. The van der Waals surface area contributed by atoms with E-state index in [1.807, 2.05) is 0 Å². The molecule has 0 heterocycles. The van der Waals surface area contributed by atoms with Crippen LogP contribution in [0.3, 0.4) is 0 Å². The molecule has 2 amide bonds. The van der Waals surface area contributed by atoms with Crippen LogP contribution in [0.25, 0.3) is 6.08 Å². The first-order valence-corrected chi connectivity index (χ1v) is 11.3. The largest absolute Gasteiger partial charge is 0.480 e. The van der Waals surface area contributed by atoms with E-state index < -0.39 is 29.8 Å². The Labute approximate surface area is 216 Å². The molecule has 10 heteroatoms. The Kier molecular flexibility index (Phi) is 8.83. The molecule has 0 saturated heterocycles. The number of rotatable bonds is 9. The minimum absolute atomic E-state index is 0.00674.